The molecule has 0 radical (unpaired) electrons. The molecule has 32 heavy (non-hydrogen) atoms. The van der Waals surface area contributed by atoms with Crippen molar-refractivity contribution in [3.63, 3.8) is 0 Å². The predicted octanol–water partition coefficient (Wildman–Crippen LogP) is 3.64. The van der Waals surface area contributed by atoms with E-state index >= 15 is 0 Å². The Morgan fingerprint density at radius 2 is 1.62 bits per heavy atom. The number of aromatic nitrogens is 4. The van der Waals surface area contributed by atoms with Gasteiger partial charge in [0.05, 0.1) is 24.8 Å². The molecule has 9 nitrogen and oxygen atoms in total. The number of benzene rings is 2. The van der Waals surface area contributed by atoms with Gasteiger partial charge in [-0.05, 0) is 48.5 Å². The van der Waals surface area contributed by atoms with E-state index in [4.69, 9.17) is 9.72 Å². The van der Waals surface area contributed by atoms with Crippen LogP contribution in [0.15, 0.2) is 54.7 Å². The van der Waals surface area contributed by atoms with Gasteiger partial charge in [-0.25, -0.2) is 19.2 Å². The van der Waals surface area contributed by atoms with E-state index in [0.29, 0.717) is 36.1 Å². The molecule has 2 aromatic carbocycles. The predicted molar refractivity (Wildman–Crippen MR) is 119 cm³/mol. The highest BCUT2D eigenvalue weighted by Gasteiger charge is 2.19. The van der Waals surface area contributed by atoms with Gasteiger partial charge < -0.3 is 20.3 Å². The number of nitrogens with zero attached hydrogens (tertiary/aromatic N) is 4. The molecule has 0 unspecified atom stereocenters. The van der Waals surface area contributed by atoms with Crippen molar-refractivity contribution in [2.45, 2.75) is 0 Å². The van der Waals surface area contributed by atoms with Crippen molar-refractivity contribution in [2.75, 3.05) is 41.8 Å². The lowest BCUT2D eigenvalue weighted by molar-refractivity contribution is 0.122. The van der Waals surface area contributed by atoms with Crippen LogP contribution in [0.3, 0.4) is 0 Å². The molecule has 162 valence electrons. The summed E-state index contributed by atoms with van der Waals surface area (Å²) in [6, 6.07) is 12.4. The Balaban J connectivity index is 1.34. The van der Waals surface area contributed by atoms with Crippen LogP contribution in [0.4, 0.5) is 26.4 Å². The molecule has 3 heterocycles. The first-order valence-electron chi connectivity index (χ1n) is 10.1. The number of hydrogen-bond donors (Lipinski definition) is 3. The van der Waals surface area contributed by atoms with E-state index in [1.807, 2.05) is 12.1 Å². The van der Waals surface area contributed by atoms with Crippen molar-refractivity contribution in [3.05, 3.63) is 60.5 Å². The zero-order valence-electron chi connectivity index (χ0n) is 17.0. The second-order valence-corrected chi connectivity index (χ2v) is 7.27. The van der Waals surface area contributed by atoms with Gasteiger partial charge in [0.1, 0.15) is 11.6 Å². The van der Waals surface area contributed by atoms with E-state index in [9.17, 15) is 9.18 Å². The average molecular weight is 433 g/mol. The first-order chi connectivity index (χ1) is 15.7. The molecule has 1 saturated heterocycles. The average Bonchev–Trinajstić information content (AvgIpc) is 3.30. The lowest BCUT2D eigenvalue weighted by atomic mass is 10.2. The van der Waals surface area contributed by atoms with Gasteiger partial charge in [-0.2, -0.15) is 5.10 Å². The number of anilines is 3. The number of urea groups is 1. The van der Waals surface area contributed by atoms with E-state index < -0.39 is 6.03 Å². The van der Waals surface area contributed by atoms with Crippen molar-refractivity contribution in [3.8, 4) is 11.4 Å². The van der Waals surface area contributed by atoms with E-state index in [-0.39, 0.29) is 5.82 Å². The van der Waals surface area contributed by atoms with E-state index in [1.165, 1.54) is 24.3 Å². The number of nitrogens with one attached hydrogen (secondary N) is 3. The standard InChI is InChI=1S/C22H20FN7O2/c23-15-3-7-17(8-4-15)26-22(31)25-16-5-1-14(2-6-16)19-27-20-18(13-24-29-20)21(28-19)30-9-11-32-12-10-30/h1-8,13H,9-12H2,(H2,25,26,31)(H,24,27,28,29). The number of H-pyrrole nitrogens is 1. The van der Waals surface area contributed by atoms with Gasteiger partial charge in [0.15, 0.2) is 11.5 Å². The second-order valence-electron chi connectivity index (χ2n) is 7.27. The third-order valence-corrected chi connectivity index (χ3v) is 5.10. The summed E-state index contributed by atoms with van der Waals surface area (Å²) in [4.78, 5) is 23.7. The normalized spacial score (nSPS) is 13.8. The fraction of sp³-hybridized carbons (Fsp3) is 0.182. The van der Waals surface area contributed by atoms with Gasteiger partial charge in [0.25, 0.3) is 0 Å². The maximum Gasteiger partial charge on any atom is 0.323 e. The summed E-state index contributed by atoms with van der Waals surface area (Å²) in [6.45, 7) is 2.81. The SMILES string of the molecule is O=C(Nc1ccc(F)cc1)Nc1ccc(-c2nc(N3CCOCC3)c3cn[nH]c3n2)cc1. The summed E-state index contributed by atoms with van der Waals surface area (Å²) in [5, 5.41) is 13.3. The molecule has 2 amide bonds. The van der Waals surface area contributed by atoms with Crippen LogP contribution in [0.1, 0.15) is 0 Å². The Kier molecular flexibility index (Phi) is 5.34. The quantitative estimate of drug-likeness (QED) is 0.454. The number of carbonyl (C=O) groups is 1. The van der Waals surface area contributed by atoms with Crippen molar-refractivity contribution < 1.29 is 13.9 Å². The van der Waals surface area contributed by atoms with Gasteiger partial charge in [0.2, 0.25) is 0 Å². The van der Waals surface area contributed by atoms with Crippen molar-refractivity contribution in [2.24, 2.45) is 0 Å². The minimum Gasteiger partial charge on any atom is -0.378 e. The summed E-state index contributed by atoms with van der Waals surface area (Å²) in [6.07, 6.45) is 1.73. The van der Waals surface area contributed by atoms with E-state index in [0.717, 1.165) is 29.9 Å². The van der Waals surface area contributed by atoms with Gasteiger partial charge >= 0.3 is 6.03 Å². The van der Waals surface area contributed by atoms with Gasteiger partial charge in [-0.3, -0.25) is 5.10 Å². The molecular formula is C22H20FN7O2. The second kappa shape index (κ2) is 8.60. The molecule has 10 heteroatoms. The maximum atomic E-state index is 13.0. The lowest BCUT2D eigenvalue weighted by Crippen LogP contribution is -2.37. The van der Waals surface area contributed by atoms with Gasteiger partial charge in [-0.15, -0.1) is 0 Å². The topological polar surface area (TPSA) is 108 Å². The van der Waals surface area contributed by atoms with Gasteiger partial charge in [-0.1, -0.05) is 0 Å². The molecule has 1 aliphatic heterocycles. The van der Waals surface area contributed by atoms with E-state index in [1.54, 1.807) is 18.3 Å². The smallest absolute Gasteiger partial charge is 0.323 e. The van der Waals surface area contributed by atoms with Crippen LogP contribution in [-0.4, -0.2) is 52.5 Å². The van der Waals surface area contributed by atoms with Gasteiger partial charge in [0, 0.05) is 30.0 Å². The Morgan fingerprint density at radius 3 is 2.31 bits per heavy atom. The summed E-state index contributed by atoms with van der Waals surface area (Å²) < 4.78 is 18.4. The van der Waals surface area contributed by atoms with Crippen LogP contribution in [0, 0.1) is 5.82 Å². The Labute approximate surface area is 182 Å². The molecule has 0 aliphatic carbocycles. The van der Waals surface area contributed by atoms with Crippen LogP contribution in [0.5, 0.6) is 0 Å². The van der Waals surface area contributed by atoms with Crippen molar-refractivity contribution in [1.82, 2.24) is 20.2 Å². The Hall–Kier alpha value is -4.05. The monoisotopic (exact) mass is 433 g/mol. The number of hydrogen-bond acceptors (Lipinski definition) is 6. The summed E-state index contributed by atoms with van der Waals surface area (Å²) in [7, 11) is 0. The number of carbonyl (C=O) groups excluding carboxylic acids is 1. The zero-order valence-corrected chi connectivity index (χ0v) is 17.0. The first kappa shape index (κ1) is 19.9. The van der Waals surface area contributed by atoms with E-state index in [2.05, 4.69) is 30.7 Å². The highest BCUT2D eigenvalue weighted by atomic mass is 19.1. The number of aromatic amines is 1. The van der Waals surface area contributed by atoms with Crippen LogP contribution >= 0.6 is 0 Å². The third-order valence-electron chi connectivity index (χ3n) is 5.10. The molecular weight excluding hydrogens is 413 g/mol. The zero-order chi connectivity index (χ0) is 21.9. The van der Waals surface area contributed by atoms with Crippen LogP contribution in [0.2, 0.25) is 0 Å². The van der Waals surface area contributed by atoms with Crippen molar-refractivity contribution in [1.29, 1.82) is 0 Å². The molecule has 0 saturated carbocycles. The number of fused-ring (bicyclic) bond motifs is 1. The third kappa shape index (κ3) is 4.21. The number of halogens is 1. The van der Waals surface area contributed by atoms with Crippen molar-refractivity contribution >= 4 is 34.3 Å². The van der Waals surface area contributed by atoms with Crippen LogP contribution < -0.4 is 15.5 Å². The fourth-order valence-corrected chi connectivity index (χ4v) is 3.49. The summed E-state index contributed by atoms with van der Waals surface area (Å²) >= 11 is 0. The van der Waals surface area contributed by atoms with Crippen LogP contribution in [-0.2, 0) is 4.74 Å². The molecule has 2 aromatic heterocycles. The molecule has 0 spiro atoms. The first-order valence-corrected chi connectivity index (χ1v) is 10.1. The molecule has 3 N–H and O–H groups in total. The highest BCUT2D eigenvalue weighted by Crippen LogP contribution is 2.27. The summed E-state index contributed by atoms with van der Waals surface area (Å²) in [5.74, 6) is 1.02. The highest BCUT2D eigenvalue weighted by molar-refractivity contribution is 5.99. The fourth-order valence-electron chi connectivity index (χ4n) is 3.49. The Bertz CT molecular complexity index is 1240. The molecule has 5 rings (SSSR count). The maximum absolute atomic E-state index is 13.0. The minimum absolute atomic E-state index is 0.362. The number of amides is 2. The molecule has 1 fully saturated rings. The lowest BCUT2D eigenvalue weighted by Gasteiger charge is -2.28. The number of morpholine rings is 1. The number of ether oxygens (including phenoxy) is 1. The Morgan fingerprint density at radius 1 is 0.969 bits per heavy atom. The van der Waals surface area contributed by atoms with Crippen LogP contribution in [0.25, 0.3) is 22.4 Å². The molecule has 4 aromatic rings. The molecule has 1 aliphatic rings. The largest absolute Gasteiger partial charge is 0.378 e. The molecule has 0 atom stereocenters. The summed E-state index contributed by atoms with van der Waals surface area (Å²) in [5.41, 5.74) is 2.57. The number of rotatable bonds is 4. The molecule has 0 bridgehead atoms. The minimum atomic E-state index is -0.422.